The predicted octanol–water partition coefficient (Wildman–Crippen LogP) is 0.221. The first-order valence-electron chi connectivity index (χ1n) is 5.80. The lowest BCUT2D eigenvalue weighted by Crippen LogP contribution is -2.32. The summed E-state index contributed by atoms with van der Waals surface area (Å²) < 4.78 is 11.2. The number of aliphatic hydroxyl groups is 1. The zero-order chi connectivity index (χ0) is 11.3. The zero-order valence-electron chi connectivity index (χ0n) is 8.96. The molecule has 90 valence electrons. The van der Waals surface area contributed by atoms with Crippen molar-refractivity contribution in [2.45, 2.75) is 31.2 Å². The number of aliphatic hydroxyl groups excluding tert-OH is 1. The molecule has 0 unspecified atom stereocenters. The zero-order valence-corrected chi connectivity index (χ0v) is 8.96. The first-order valence-corrected chi connectivity index (χ1v) is 5.80. The molecule has 4 atom stereocenters. The van der Waals surface area contributed by atoms with Gasteiger partial charge in [0, 0.05) is 12.8 Å². The van der Waals surface area contributed by atoms with Crippen LogP contribution in [0, 0.1) is 17.8 Å². The molecule has 0 aromatic rings. The molecule has 2 saturated carbocycles. The molecule has 3 fully saturated rings. The van der Waals surface area contributed by atoms with E-state index in [2.05, 4.69) is 0 Å². The molecule has 0 aromatic carbocycles. The molecule has 3 aliphatic rings. The molecular weight excluding hydrogens is 212 g/mol. The van der Waals surface area contributed by atoms with Crippen molar-refractivity contribution >= 4 is 5.97 Å². The highest BCUT2D eigenvalue weighted by Gasteiger charge is 2.58. The largest absolute Gasteiger partial charge is 0.481 e. The van der Waals surface area contributed by atoms with Crippen LogP contribution in [0.15, 0.2) is 0 Å². The van der Waals surface area contributed by atoms with Gasteiger partial charge in [-0.25, -0.2) is 0 Å². The summed E-state index contributed by atoms with van der Waals surface area (Å²) in [6.07, 6.45) is 1.21. The fourth-order valence-electron chi connectivity index (χ4n) is 3.66. The molecule has 1 spiro atoms. The smallest absolute Gasteiger partial charge is 0.309 e. The van der Waals surface area contributed by atoms with Gasteiger partial charge >= 0.3 is 5.97 Å². The van der Waals surface area contributed by atoms with Crippen molar-refractivity contribution < 1.29 is 24.5 Å². The molecule has 0 radical (unpaired) electrons. The summed E-state index contributed by atoms with van der Waals surface area (Å²) in [6.45, 7) is 1.19. The third kappa shape index (κ3) is 1.38. The van der Waals surface area contributed by atoms with Crippen molar-refractivity contribution in [1.29, 1.82) is 0 Å². The van der Waals surface area contributed by atoms with Crippen LogP contribution in [0.25, 0.3) is 0 Å². The molecule has 2 aliphatic carbocycles. The first kappa shape index (κ1) is 10.5. The van der Waals surface area contributed by atoms with Gasteiger partial charge in [0.2, 0.25) is 0 Å². The van der Waals surface area contributed by atoms with Crippen LogP contribution >= 0.6 is 0 Å². The second kappa shape index (κ2) is 3.42. The Morgan fingerprint density at radius 2 is 1.94 bits per heavy atom. The Morgan fingerprint density at radius 1 is 1.25 bits per heavy atom. The second-order valence-electron chi connectivity index (χ2n) is 5.11. The SMILES string of the molecule is O=C(O)[C@@H]1[C@H]2CC3(C[C@H]2C[C@H]1O)OCCO3. The van der Waals surface area contributed by atoms with Gasteiger partial charge in [-0.2, -0.15) is 0 Å². The number of carboxylic acid groups (broad SMARTS) is 1. The Labute approximate surface area is 93.3 Å². The molecular formula is C11H16O5. The van der Waals surface area contributed by atoms with Crippen LogP contribution in [0.3, 0.4) is 0 Å². The van der Waals surface area contributed by atoms with Crippen molar-refractivity contribution in [3.8, 4) is 0 Å². The highest BCUT2D eigenvalue weighted by Crippen LogP contribution is 2.54. The standard InChI is InChI=1S/C11H16O5/c12-8-3-6-4-11(15-1-2-16-11)5-7(6)9(8)10(13)14/h6-9,12H,1-5H2,(H,13,14)/t6-,7+,8-,9-/m1/s1. The van der Waals surface area contributed by atoms with E-state index in [0.29, 0.717) is 26.1 Å². The van der Waals surface area contributed by atoms with E-state index in [1.54, 1.807) is 0 Å². The van der Waals surface area contributed by atoms with Crippen molar-refractivity contribution in [1.82, 2.24) is 0 Å². The van der Waals surface area contributed by atoms with E-state index >= 15 is 0 Å². The Bertz CT molecular complexity index is 309. The molecule has 16 heavy (non-hydrogen) atoms. The van der Waals surface area contributed by atoms with E-state index in [-0.39, 0.29) is 11.8 Å². The monoisotopic (exact) mass is 228 g/mol. The van der Waals surface area contributed by atoms with Crippen molar-refractivity contribution in [3.63, 3.8) is 0 Å². The summed E-state index contributed by atoms with van der Waals surface area (Å²) in [5.74, 6) is -1.84. The normalized spacial score (nSPS) is 45.1. The highest BCUT2D eigenvalue weighted by molar-refractivity contribution is 5.71. The van der Waals surface area contributed by atoms with Crippen molar-refractivity contribution in [2.75, 3.05) is 13.2 Å². The topological polar surface area (TPSA) is 76.0 Å². The molecule has 0 bridgehead atoms. The molecule has 1 heterocycles. The van der Waals surface area contributed by atoms with Gasteiger partial charge < -0.3 is 19.7 Å². The minimum atomic E-state index is -0.893. The number of rotatable bonds is 1. The summed E-state index contributed by atoms with van der Waals surface area (Å²) in [6, 6.07) is 0. The van der Waals surface area contributed by atoms with E-state index in [4.69, 9.17) is 14.6 Å². The van der Waals surface area contributed by atoms with Gasteiger partial charge in [-0.1, -0.05) is 0 Å². The van der Waals surface area contributed by atoms with Crippen LogP contribution in [0.2, 0.25) is 0 Å². The maximum absolute atomic E-state index is 11.1. The summed E-state index contributed by atoms with van der Waals surface area (Å²) in [7, 11) is 0. The lowest BCUT2D eigenvalue weighted by atomic mass is 9.91. The maximum atomic E-state index is 11.1. The van der Waals surface area contributed by atoms with Gasteiger partial charge in [0.05, 0.1) is 25.2 Å². The van der Waals surface area contributed by atoms with Gasteiger partial charge in [-0.3, -0.25) is 4.79 Å². The van der Waals surface area contributed by atoms with E-state index < -0.39 is 23.8 Å². The summed E-state index contributed by atoms with van der Waals surface area (Å²) >= 11 is 0. The lowest BCUT2D eigenvalue weighted by Gasteiger charge is -2.24. The number of hydrogen-bond acceptors (Lipinski definition) is 4. The highest BCUT2D eigenvalue weighted by atomic mass is 16.7. The predicted molar refractivity (Wildman–Crippen MR) is 52.6 cm³/mol. The molecule has 2 N–H and O–H groups in total. The van der Waals surface area contributed by atoms with Gasteiger partial charge in [0.1, 0.15) is 0 Å². The average molecular weight is 228 g/mol. The second-order valence-corrected chi connectivity index (χ2v) is 5.11. The Kier molecular flexibility index (Phi) is 2.24. The summed E-state index contributed by atoms with van der Waals surface area (Å²) in [5.41, 5.74) is 0. The molecule has 5 nitrogen and oxygen atoms in total. The van der Waals surface area contributed by atoms with Crippen LogP contribution in [-0.2, 0) is 14.3 Å². The van der Waals surface area contributed by atoms with Gasteiger partial charge in [0.25, 0.3) is 0 Å². The number of fused-ring (bicyclic) bond motifs is 1. The van der Waals surface area contributed by atoms with Crippen molar-refractivity contribution in [2.24, 2.45) is 17.8 Å². The van der Waals surface area contributed by atoms with Crippen LogP contribution in [0.5, 0.6) is 0 Å². The number of aliphatic carboxylic acids is 1. The fraction of sp³-hybridized carbons (Fsp3) is 0.909. The Morgan fingerprint density at radius 3 is 2.56 bits per heavy atom. The van der Waals surface area contributed by atoms with Gasteiger partial charge in [-0.15, -0.1) is 0 Å². The molecule has 3 rings (SSSR count). The van der Waals surface area contributed by atoms with Gasteiger partial charge in [0.15, 0.2) is 5.79 Å². The number of ether oxygens (including phenoxy) is 2. The van der Waals surface area contributed by atoms with E-state index in [1.807, 2.05) is 0 Å². The molecule has 1 aliphatic heterocycles. The Hall–Kier alpha value is -0.650. The number of hydrogen-bond donors (Lipinski definition) is 2. The van der Waals surface area contributed by atoms with Crippen LogP contribution < -0.4 is 0 Å². The minimum Gasteiger partial charge on any atom is -0.481 e. The fourth-order valence-corrected chi connectivity index (χ4v) is 3.66. The molecule has 5 heteroatoms. The van der Waals surface area contributed by atoms with Crippen molar-refractivity contribution in [3.05, 3.63) is 0 Å². The average Bonchev–Trinajstić information content (AvgIpc) is 2.81. The quantitative estimate of drug-likeness (QED) is 0.671. The lowest BCUT2D eigenvalue weighted by molar-refractivity contribution is -0.162. The first-order chi connectivity index (χ1) is 7.61. The maximum Gasteiger partial charge on any atom is 0.309 e. The van der Waals surface area contributed by atoms with Crippen LogP contribution in [0.1, 0.15) is 19.3 Å². The third-order valence-electron chi connectivity index (χ3n) is 4.24. The van der Waals surface area contributed by atoms with E-state index in [0.717, 1.165) is 6.42 Å². The molecule has 0 aromatic heterocycles. The number of carboxylic acids is 1. The van der Waals surface area contributed by atoms with Crippen LogP contribution in [0.4, 0.5) is 0 Å². The Balaban J connectivity index is 1.80. The van der Waals surface area contributed by atoms with Gasteiger partial charge in [-0.05, 0) is 18.3 Å². The number of carbonyl (C=O) groups is 1. The molecule has 0 amide bonds. The van der Waals surface area contributed by atoms with Crippen LogP contribution in [-0.4, -0.2) is 41.3 Å². The van der Waals surface area contributed by atoms with E-state index in [1.165, 1.54) is 0 Å². The molecule has 1 saturated heterocycles. The summed E-state index contributed by atoms with van der Waals surface area (Å²) in [5, 5.41) is 18.9. The third-order valence-corrected chi connectivity index (χ3v) is 4.24. The summed E-state index contributed by atoms with van der Waals surface area (Å²) in [4.78, 5) is 11.1. The van der Waals surface area contributed by atoms with E-state index in [9.17, 15) is 9.90 Å². The minimum absolute atomic E-state index is 0.00519.